The van der Waals surface area contributed by atoms with Crippen LogP contribution in [0.25, 0.3) is 0 Å². The molecule has 5 nitrogen and oxygen atoms in total. The van der Waals surface area contributed by atoms with Crippen molar-refractivity contribution in [3.8, 4) is 0 Å². The van der Waals surface area contributed by atoms with E-state index >= 15 is 0 Å². The molecule has 0 bridgehead atoms. The molecule has 2 N–H and O–H groups in total. The van der Waals surface area contributed by atoms with Crippen molar-refractivity contribution in [3.63, 3.8) is 0 Å². The lowest BCUT2D eigenvalue weighted by Gasteiger charge is -2.01. The van der Waals surface area contributed by atoms with Gasteiger partial charge in [-0.25, -0.2) is 9.59 Å². The Morgan fingerprint density at radius 1 is 0.737 bits per heavy atom. The van der Waals surface area contributed by atoms with Gasteiger partial charge in [0.15, 0.2) is 0 Å². The van der Waals surface area contributed by atoms with Crippen molar-refractivity contribution < 1.29 is 24.6 Å². The van der Waals surface area contributed by atoms with E-state index in [0.29, 0.717) is 6.42 Å². The molecule has 0 aromatic rings. The van der Waals surface area contributed by atoms with Crippen LogP contribution in [0.1, 0.15) is 64.2 Å². The fourth-order valence-corrected chi connectivity index (χ4v) is 1.84. The molecule has 0 radical (unpaired) electrons. The van der Waals surface area contributed by atoms with Crippen molar-refractivity contribution in [2.75, 3.05) is 0 Å². The van der Waals surface area contributed by atoms with Crippen molar-refractivity contribution >= 4 is 17.9 Å². The highest BCUT2D eigenvalue weighted by Crippen LogP contribution is 2.12. The Morgan fingerprint density at radius 3 is 1.53 bits per heavy atom. The predicted octanol–water partition coefficient (Wildman–Crippen LogP) is 2.81. The molecule has 0 atom stereocenters. The molecule has 0 aliphatic rings. The van der Waals surface area contributed by atoms with Crippen molar-refractivity contribution in [1.29, 1.82) is 0 Å². The van der Waals surface area contributed by atoms with Gasteiger partial charge in [-0.05, 0) is 19.3 Å². The van der Waals surface area contributed by atoms with E-state index in [4.69, 9.17) is 10.2 Å². The van der Waals surface area contributed by atoms with Gasteiger partial charge in [0.2, 0.25) is 0 Å². The van der Waals surface area contributed by atoms with Gasteiger partial charge in [0.25, 0.3) is 0 Å². The summed E-state index contributed by atoms with van der Waals surface area (Å²) in [6.07, 6.45) is 8.05. The van der Waals surface area contributed by atoms with Crippen LogP contribution in [-0.2, 0) is 14.4 Å². The minimum Gasteiger partial charge on any atom is -0.481 e. The molecular weight excluding hydrogens is 248 g/mol. The zero-order chi connectivity index (χ0) is 14.5. The van der Waals surface area contributed by atoms with Crippen LogP contribution in [0.15, 0.2) is 5.57 Å². The summed E-state index contributed by atoms with van der Waals surface area (Å²) in [6, 6.07) is 0. The second kappa shape index (κ2) is 11.5. The average molecular weight is 270 g/mol. The molecule has 0 unspecified atom stereocenters. The number of carboxylic acid groups (broad SMARTS) is 2. The molecule has 108 valence electrons. The fraction of sp³-hybridized carbons (Fsp3) is 0.714. The van der Waals surface area contributed by atoms with Gasteiger partial charge in [0, 0.05) is 6.42 Å². The molecule has 19 heavy (non-hydrogen) atoms. The number of hydrogen-bond acceptors (Lipinski definition) is 3. The Kier molecular flexibility index (Phi) is 10.5. The molecule has 0 saturated heterocycles. The lowest BCUT2D eigenvalue weighted by molar-refractivity contribution is -0.137. The first-order chi connectivity index (χ1) is 9.07. The summed E-state index contributed by atoms with van der Waals surface area (Å²) in [5, 5.41) is 17.0. The highest BCUT2D eigenvalue weighted by atomic mass is 16.4. The number of hydrogen-bond donors (Lipinski definition) is 2. The smallest absolute Gasteiger partial charge is 0.342 e. The topological polar surface area (TPSA) is 91.7 Å². The van der Waals surface area contributed by atoms with Gasteiger partial charge in [0.1, 0.15) is 11.5 Å². The Hall–Kier alpha value is -1.61. The maximum Gasteiger partial charge on any atom is 0.342 e. The SMILES string of the molecule is O=C=C(CCCCCCCCCCC(=O)O)C(=O)O. The highest BCUT2D eigenvalue weighted by Gasteiger charge is 2.07. The van der Waals surface area contributed by atoms with Crippen molar-refractivity contribution in [2.24, 2.45) is 0 Å². The summed E-state index contributed by atoms with van der Waals surface area (Å²) in [5.74, 6) is -0.456. The van der Waals surface area contributed by atoms with E-state index in [1.54, 1.807) is 0 Å². The van der Waals surface area contributed by atoms with Crippen molar-refractivity contribution in [1.82, 2.24) is 0 Å². The number of carbonyl (C=O) groups excluding carboxylic acids is 1. The first kappa shape index (κ1) is 17.4. The molecule has 0 heterocycles. The molecule has 0 rings (SSSR count). The van der Waals surface area contributed by atoms with Crippen LogP contribution < -0.4 is 0 Å². The molecule has 0 aliphatic carbocycles. The first-order valence-electron chi connectivity index (χ1n) is 6.77. The van der Waals surface area contributed by atoms with E-state index < -0.39 is 11.9 Å². The van der Waals surface area contributed by atoms with Crippen LogP contribution in [0, 0.1) is 0 Å². The minimum atomic E-state index is -1.17. The van der Waals surface area contributed by atoms with Gasteiger partial charge >= 0.3 is 11.9 Å². The number of aliphatic carboxylic acids is 2. The van der Waals surface area contributed by atoms with Crippen molar-refractivity contribution in [2.45, 2.75) is 64.2 Å². The van der Waals surface area contributed by atoms with Gasteiger partial charge in [0.05, 0.1) is 0 Å². The second-order valence-corrected chi connectivity index (χ2v) is 4.61. The van der Waals surface area contributed by atoms with Gasteiger partial charge in [-0.15, -0.1) is 0 Å². The fourth-order valence-electron chi connectivity index (χ4n) is 1.84. The van der Waals surface area contributed by atoms with E-state index in [1.165, 1.54) is 5.94 Å². The van der Waals surface area contributed by atoms with Crippen LogP contribution in [0.3, 0.4) is 0 Å². The summed E-state index contributed by atoms with van der Waals surface area (Å²) >= 11 is 0. The number of unbranched alkanes of at least 4 members (excludes halogenated alkanes) is 7. The maximum absolute atomic E-state index is 10.5. The summed E-state index contributed by atoms with van der Waals surface area (Å²) in [5.41, 5.74) is -0.173. The van der Waals surface area contributed by atoms with E-state index in [2.05, 4.69) is 0 Å². The zero-order valence-electron chi connectivity index (χ0n) is 11.2. The zero-order valence-corrected chi connectivity index (χ0v) is 11.2. The van der Waals surface area contributed by atoms with E-state index in [0.717, 1.165) is 44.9 Å². The van der Waals surface area contributed by atoms with Crippen LogP contribution >= 0.6 is 0 Å². The largest absolute Gasteiger partial charge is 0.481 e. The van der Waals surface area contributed by atoms with Crippen LogP contribution in [-0.4, -0.2) is 28.1 Å². The van der Waals surface area contributed by atoms with E-state index in [9.17, 15) is 14.4 Å². The van der Waals surface area contributed by atoms with Gasteiger partial charge < -0.3 is 10.2 Å². The molecule has 0 fully saturated rings. The second-order valence-electron chi connectivity index (χ2n) is 4.61. The number of carboxylic acids is 2. The number of rotatable bonds is 12. The molecule has 0 aromatic carbocycles. The van der Waals surface area contributed by atoms with E-state index in [1.807, 2.05) is 0 Å². The lowest BCUT2D eigenvalue weighted by Crippen LogP contribution is -2.01. The summed E-state index contributed by atoms with van der Waals surface area (Å²) < 4.78 is 0. The molecular formula is C14H22O5. The van der Waals surface area contributed by atoms with Crippen molar-refractivity contribution in [3.05, 3.63) is 5.57 Å². The van der Waals surface area contributed by atoms with Crippen LogP contribution in [0.4, 0.5) is 0 Å². The standard InChI is InChI=1S/C14H22O5/c15-11-12(14(18)19)9-7-5-3-1-2-4-6-8-10-13(16)17/h1-10H2,(H,16,17)(H,18,19). The maximum atomic E-state index is 10.5. The van der Waals surface area contributed by atoms with Crippen LogP contribution in [0.2, 0.25) is 0 Å². The monoisotopic (exact) mass is 270 g/mol. The van der Waals surface area contributed by atoms with Crippen LogP contribution in [0.5, 0.6) is 0 Å². The molecule has 5 heteroatoms. The highest BCUT2D eigenvalue weighted by molar-refractivity contribution is 5.95. The summed E-state index contributed by atoms with van der Waals surface area (Å²) in [7, 11) is 0. The first-order valence-corrected chi connectivity index (χ1v) is 6.77. The molecule has 0 aliphatic heterocycles. The lowest BCUT2D eigenvalue weighted by atomic mass is 10.0. The Labute approximate surface area is 113 Å². The third kappa shape index (κ3) is 11.2. The van der Waals surface area contributed by atoms with Gasteiger partial charge in [-0.2, -0.15) is 0 Å². The predicted molar refractivity (Wildman–Crippen MR) is 70.6 cm³/mol. The Morgan fingerprint density at radius 2 is 1.16 bits per heavy atom. The molecule has 0 saturated carbocycles. The average Bonchev–Trinajstić information content (AvgIpc) is 2.35. The summed E-state index contributed by atoms with van der Waals surface area (Å²) in [4.78, 5) is 31.0. The third-order valence-electron chi connectivity index (χ3n) is 2.95. The van der Waals surface area contributed by atoms with E-state index in [-0.39, 0.29) is 18.4 Å². The summed E-state index contributed by atoms with van der Waals surface area (Å²) in [6.45, 7) is 0. The third-order valence-corrected chi connectivity index (χ3v) is 2.95. The molecule has 0 aromatic heterocycles. The number of carbonyl (C=O) groups is 2. The normalized spacial score (nSPS) is 9.89. The quantitative estimate of drug-likeness (QED) is 0.323. The Bertz CT molecular complexity index is 329. The molecule has 0 spiro atoms. The minimum absolute atomic E-state index is 0.173. The Balaban J connectivity index is 3.30. The molecule has 0 amide bonds. The van der Waals surface area contributed by atoms with Gasteiger partial charge in [-0.1, -0.05) is 38.5 Å². The van der Waals surface area contributed by atoms with Gasteiger partial charge in [-0.3, -0.25) is 4.79 Å².